The molecule has 0 atom stereocenters. The monoisotopic (exact) mass is 415 g/mol. The van der Waals surface area contributed by atoms with Crippen molar-refractivity contribution in [1.29, 1.82) is 0 Å². The van der Waals surface area contributed by atoms with Crippen molar-refractivity contribution in [2.45, 2.75) is 59.1 Å². The van der Waals surface area contributed by atoms with Crippen LogP contribution in [-0.2, 0) is 11.4 Å². The van der Waals surface area contributed by atoms with Gasteiger partial charge in [0.05, 0.1) is 18.5 Å². The van der Waals surface area contributed by atoms with Gasteiger partial charge in [-0.1, -0.05) is 19.1 Å². The molecule has 1 amide bonds. The fourth-order valence-electron chi connectivity index (χ4n) is 3.88. The molecule has 1 aliphatic carbocycles. The van der Waals surface area contributed by atoms with Crippen LogP contribution >= 0.6 is 0 Å². The van der Waals surface area contributed by atoms with Gasteiger partial charge in [-0.15, -0.1) is 5.10 Å². The van der Waals surface area contributed by atoms with Crippen LogP contribution in [0.2, 0.25) is 0 Å². The fraction of sp³-hybridized carbons (Fsp3) is 0.500. The molecule has 0 unspecified atom stereocenters. The van der Waals surface area contributed by atoms with Crippen molar-refractivity contribution in [2.75, 3.05) is 4.90 Å². The first-order valence-electron chi connectivity index (χ1n) is 10.3. The smallest absolute Gasteiger partial charge is 0.449 e. The molecule has 1 heterocycles. The lowest BCUT2D eigenvalue weighted by molar-refractivity contribution is -0.124. The van der Waals surface area contributed by atoms with Gasteiger partial charge in [-0.2, -0.15) is 0 Å². The summed E-state index contributed by atoms with van der Waals surface area (Å²) >= 11 is 0. The lowest BCUT2D eigenvalue weighted by atomic mass is 9.82. The number of aromatic nitrogens is 2. The lowest BCUT2D eigenvalue weighted by Gasteiger charge is -2.32. The first kappa shape index (κ1) is 21.8. The normalized spacial score (nSPS) is 19.0. The van der Waals surface area contributed by atoms with Gasteiger partial charge in [0, 0.05) is 12.0 Å². The third kappa shape index (κ3) is 4.81. The summed E-state index contributed by atoms with van der Waals surface area (Å²) in [4.78, 5) is 26.2. The Kier molecular flexibility index (Phi) is 6.77. The summed E-state index contributed by atoms with van der Waals surface area (Å²) in [5.74, 6) is 0.680. The predicted octanol–water partition coefficient (Wildman–Crippen LogP) is 3.99. The van der Waals surface area contributed by atoms with Crippen molar-refractivity contribution in [3.05, 3.63) is 36.0 Å². The van der Waals surface area contributed by atoms with Crippen molar-refractivity contribution < 1.29 is 24.5 Å². The molecule has 0 spiro atoms. The highest BCUT2D eigenvalue weighted by Crippen LogP contribution is 2.35. The maximum Gasteiger partial charge on any atom is 0.511 e. The maximum atomic E-state index is 13.4. The van der Waals surface area contributed by atoms with E-state index in [9.17, 15) is 19.8 Å². The third-order valence-electron chi connectivity index (χ3n) is 5.59. The van der Waals surface area contributed by atoms with Crippen molar-refractivity contribution in [3.63, 3.8) is 0 Å². The largest absolute Gasteiger partial charge is 0.511 e. The van der Waals surface area contributed by atoms with Crippen molar-refractivity contribution in [1.82, 2.24) is 9.78 Å². The maximum absolute atomic E-state index is 13.4. The minimum absolute atomic E-state index is 0.0139. The minimum atomic E-state index is -1.46. The standard InChI is InChI=1S/C22H29N3O5/c1-14(2)25(21(27)17-8-4-15(3)5-9-17)20-19(30-22(28)29)12-24(23-20)18-10-6-16(13-26)7-11-18/h6-7,10-12,14-15,17,26H,4-5,8-9,13H2,1-3H3,(H,28,29). The molecule has 0 saturated heterocycles. The van der Waals surface area contributed by atoms with E-state index in [4.69, 9.17) is 4.74 Å². The molecule has 8 heteroatoms. The first-order valence-corrected chi connectivity index (χ1v) is 10.3. The van der Waals surface area contributed by atoms with E-state index in [-0.39, 0.29) is 36.0 Å². The Hall–Kier alpha value is -2.87. The summed E-state index contributed by atoms with van der Waals surface area (Å²) in [6.07, 6.45) is 3.65. The van der Waals surface area contributed by atoms with Gasteiger partial charge in [0.1, 0.15) is 0 Å². The molecule has 1 fully saturated rings. The molecule has 30 heavy (non-hydrogen) atoms. The number of carboxylic acid groups (broad SMARTS) is 1. The SMILES string of the molecule is CC1CCC(C(=O)N(c2nn(-c3ccc(CO)cc3)cc2OC(=O)O)C(C)C)CC1. The van der Waals surface area contributed by atoms with E-state index in [0.29, 0.717) is 11.6 Å². The number of benzene rings is 1. The summed E-state index contributed by atoms with van der Waals surface area (Å²) in [6.45, 7) is 5.88. The molecule has 2 aromatic rings. The lowest BCUT2D eigenvalue weighted by Crippen LogP contribution is -2.42. The van der Waals surface area contributed by atoms with E-state index in [0.717, 1.165) is 31.2 Å². The number of aliphatic hydroxyl groups is 1. The summed E-state index contributed by atoms with van der Waals surface area (Å²) in [5.41, 5.74) is 1.41. The number of hydrogen-bond acceptors (Lipinski definition) is 5. The highest BCUT2D eigenvalue weighted by atomic mass is 16.7. The molecule has 8 nitrogen and oxygen atoms in total. The van der Waals surface area contributed by atoms with E-state index in [1.807, 2.05) is 13.8 Å². The van der Waals surface area contributed by atoms with Gasteiger partial charge in [0.25, 0.3) is 0 Å². The number of carbonyl (C=O) groups is 2. The van der Waals surface area contributed by atoms with E-state index < -0.39 is 6.16 Å². The molecule has 0 aliphatic heterocycles. The number of ether oxygens (including phenoxy) is 1. The molecule has 1 aromatic carbocycles. The van der Waals surface area contributed by atoms with Crippen molar-refractivity contribution in [2.24, 2.45) is 11.8 Å². The van der Waals surface area contributed by atoms with Crippen LogP contribution in [0.15, 0.2) is 30.5 Å². The van der Waals surface area contributed by atoms with E-state index in [1.165, 1.54) is 10.9 Å². The number of carbonyl (C=O) groups excluding carboxylic acids is 1. The summed E-state index contributed by atoms with van der Waals surface area (Å²) in [7, 11) is 0. The Morgan fingerprint density at radius 3 is 2.37 bits per heavy atom. The van der Waals surface area contributed by atoms with Gasteiger partial charge in [-0.05, 0) is 63.1 Å². The molecule has 162 valence electrons. The minimum Gasteiger partial charge on any atom is -0.449 e. The Balaban J connectivity index is 1.97. The molecule has 0 radical (unpaired) electrons. The number of amides is 1. The third-order valence-corrected chi connectivity index (χ3v) is 5.59. The van der Waals surface area contributed by atoms with E-state index in [2.05, 4.69) is 12.0 Å². The van der Waals surface area contributed by atoms with Crippen LogP contribution in [0.5, 0.6) is 5.75 Å². The van der Waals surface area contributed by atoms with Crippen LogP contribution in [0.1, 0.15) is 52.0 Å². The molecular formula is C22H29N3O5. The number of anilines is 1. The average Bonchev–Trinajstić information content (AvgIpc) is 3.11. The fourth-order valence-corrected chi connectivity index (χ4v) is 3.88. The first-order chi connectivity index (χ1) is 14.3. The van der Waals surface area contributed by atoms with Crippen molar-refractivity contribution in [3.8, 4) is 11.4 Å². The quantitative estimate of drug-likeness (QED) is 0.691. The molecule has 0 bridgehead atoms. The van der Waals surface area contributed by atoms with Gasteiger partial charge in [-0.25, -0.2) is 9.48 Å². The molecule has 1 saturated carbocycles. The van der Waals surface area contributed by atoms with Crippen LogP contribution in [0.25, 0.3) is 5.69 Å². The molecule has 1 aromatic heterocycles. The van der Waals surface area contributed by atoms with E-state index in [1.54, 1.807) is 29.2 Å². The number of hydrogen-bond donors (Lipinski definition) is 2. The zero-order valence-corrected chi connectivity index (χ0v) is 17.6. The van der Waals surface area contributed by atoms with Crippen LogP contribution in [0, 0.1) is 11.8 Å². The predicted molar refractivity (Wildman–Crippen MR) is 112 cm³/mol. The van der Waals surface area contributed by atoms with Crippen LogP contribution < -0.4 is 9.64 Å². The van der Waals surface area contributed by atoms with Gasteiger partial charge in [-0.3, -0.25) is 9.69 Å². The van der Waals surface area contributed by atoms with Crippen LogP contribution in [0.4, 0.5) is 10.6 Å². The Morgan fingerprint density at radius 2 is 1.83 bits per heavy atom. The second-order valence-electron chi connectivity index (χ2n) is 8.21. The number of nitrogens with zero attached hydrogens (tertiary/aromatic N) is 3. The van der Waals surface area contributed by atoms with Gasteiger partial charge in [0.15, 0.2) is 5.75 Å². The second kappa shape index (κ2) is 9.30. The Bertz CT molecular complexity index is 883. The zero-order valence-electron chi connectivity index (χ0n) is 17.6. The molecule has 3 rings (SSSR count). The Morgan fingerprint density at radius 1 is 1.20 bits per heavy atom. The van der Waals surface area contributed by atoms with Gasteiger partial charge >= 0.3 is 6.16 Å². The molecule has 1 aliphatic rings. The number of rotatable bonds is 6. The zero-order chi connectivity index (χ0) is 21.8. The highest BCUT2D eigenvalue weighted by molar-refractivity contribution is 5.96. The summed E-state index contributed by atoms with van der Waals surface area (Å²) in [5, 5.41) is 22.9. The van der Waals surface area contributed by atoms with Crippen LogP contribution in [-0.4, -0.2) is 38.1 Å². The van der Waals surface area contributed by atoms with Gasteiger partial charge in [0.2, 0.25) is 11.7 Å². The topological polar surface area (TPSA) is 105 Å². The molecular weight excluding hydrogens is 386 g/mol. The Labute approximate surface area is 176 Å². The molecule has 2 N–H and O–H groups in total. The van der Waals surface area contributed by atoms with E-state index >= 15 is 0 Å². The number of aliphatic hydroxyl groups excluding tert-OH is 1. The summed E-state index contributed by atoms with van der Waals surface area (Å²) < 4.78 is 6.46. The van der Waals surface area contributed by atoms with Crippen LogP contribution in [0.3, 0.4) is 0 Å². The summed E-state index contributed by atoms with van der Waals surface area (Å²) in [6, 6.07) is 6.81. The average molecular weight is 415 g/mol. The highest BCUT2D eigenvalue weighted by Gasteiger charge is 2.34. The second-order valence-corrected chi connectivity index (χ2v) is 8.21. The van der Waals surface area contributed by atoms with Crippen molar-refractivity contribution >= 4 is 17.9 Å². The van der Waals surface area contributed by atoms with Gasteiger partial charge < -0.3 is 14.9 Å².